The molecule has 1 amide bonds. The minimum absolute atomic E-state index is 0.0273. The van der Waals surface area contributed by atoms with Gasteiger partial charge in [-0.3, -0.25) is 9.59 Å². The molecular weight excluding hydrogens is 373 g/mol. The number of hydrogen-bond donors (Lipinski definition) is 0. The van der Waals surface area contributed by atoms with Gasteiger partial charge in [0.05, 0.1) is 4.90 Å². The maximum absolute atomic E-state index is 13.1. The van der Waals surface area contributed by atoms with Crippen LogP contribution in [0.1, 0.15) is 6.42 Å². The molecule has 1 aliphatic heterocycles. The third-order valence-corrected chi connectivity index (χ3v) is 6.38. The van der Waals surface area contributed by atoms with Gasteiger partial charge in [0, 0.05) is 38.4 Å². The lowest BCUT2D eigenvalue weighted by Gasteiger charge is -2.22. The molecule has 2 aromatic rings. The molecule has 0 bridgehead atoms. The third-order valence-electron chi connectivity index (χ3n) is 4.46. The highest BCUT2D eigenvalue weighted by Crippen LogP contribution is 2.18. The molecule has 1 aromatic heterocycles. The van der Waals surface area contributed by atoms with Crippen molar-refractivity contribution in [3.63, 3.8) is 0 Å². The number of carbonyl (C=O) groups is 1. The van der Waals surface area contributed by atoms with Crippen molar-refractivity contribution in [2.75, 3.05) is 26.2 Å². The zero-order chi connectivity index (χ0) is 19.4. The Balaban J connectivity index is 1.68. The van der Waals surface area contributed by atoms with Crippen molar-refractivity contribution >= 4 is 15.9 Å². The highest BCUT2D eigenvalue weighted by molar-refractivity contribution is 7.89. The van der Waals surface area contributed by atoms with Gasteiger partial charge in [0.25, 0.3) is 5.56 Å². The second-order valence-electron chi connectivity index (χ2n) is 6.26. The van der Waals surface area contributed by atoms with Gasteiger partial charge in [-0.25, -0.2) is 12.8 Å². The molecule has 0 saturated carbocycles. The summed E-state index contributed by atoms with van der Waals surface area (Å²) in [6.45, 7) is 0.991. The number of carbonyl (C=O) groups excluding carboxylic acids is 1. The van der Waals surface area contributed by atoms with Crippen molar-refractivity contribution in [2.24, 2.45) is 0 Å². The summed E-state index contributed by atoms with van der Waals surface area (Å²) in [5.74, 6) is -0.734. The number of rotatable bonds is 4. The van der Waals surface area contributed by atoms with Crippen LogP contribution in [-0.2, 0) is 21.4 Å². The lowest BCUT2D eigenvalue weighted by Crippen LogP contribution is -2.39. The number of pyridine rings is 1. The minimum Gasteiger partial charge on any atom is -0.340 e. The maximum Gasteiger partial charge on any atom is 0.250 e. The second kappa shape index (κ2) is 8.01. The number of hydrogen-bond acceptors (Lipinski definition) is 4. The van der Waals surface area contributed by atoms with E-state index in [0.29, 0.717) is 13.0 Å². The zero-order valence-electron chi connectivity index (χ0n) is 14.6. The first-order valence-electron chi connectivity index (χ1n) is 8.57. The molecule has 144 valence electrons. The molecule has 0 atom stereocenters. The summed E-state index contributed by atoms with van der Waals surface area (Å²) in [6, 6.07) is 9.35. The number of nitrogens with zero attached hydrogens (tertiary/aromatic N) is 3. The van der Waals surface area contributed by atoms with Crippen molar-refractivity contribution in [1.82, 2.24) is 13.8 Å². The maximum atomic E-state index is 13.1. The Morgan fingerprint density at radius 1 is 1.00 bits per heavy atom. The monoisotopic (exact) mass is 393 g/mol. The summed E-state index contributed by atoms with van der Waals surface area (Å²) < 4.78 is 41.1. The van der Waals surface area contributed by atoms with E-state index in [9.17, 15) is 22.4 Å². The van der Waals surface area contributed by atoms with E-state index < -0.39 is 15.8 Å². The van der Waals surface area contributed by atoms with E-state index in [0.717, 1.165) is 12.1 Å². The average molecular weight is 393 g/mol. The average Bonchev–Trinajstić information content (AvgIpc) is 2.91. The highest BCUT2D eigenvalue weighted by Gasteiger charge is 2.28. The summed E-state index contributed by atoms with van der Waals surface area (Å²) in [7, 11) is -3.74. The fourth-order valence-electron chi connectivity index (χ4n) is 2.98. The minimum atomic E-state index is -3.74. The third kappa shape index (κ3) is 4.42. The molecule has 1 saturated heterocycles. The number of halogens is 1. The Morgan fingerprint density at radius 3 is 2.44 bits per heavy atom. The number of benzene rings is 1. The molecule has 9 heteroatoms. The quantitative estimate of drug-likeness (QED) is 0.774. The van der Waals surface area contributed by atoms with E-state index >= 15 is 0 Å². The predicted octanol–water partition coefficient (Wildman–Crippen LogP) is 0.911. The fraction of sp³-hybridized carbons (Fsp3) is 0.333. The van der Waals surface area contributed by atoms with Crippen LogP contribution in [0.25, 0.3) is 0 Å². The van der Waals surface area contributed by atoms with Gasteiger partial charge in [0.2, 0.25) is 15.9 Å². The SMILES string of the molecule is O=C(Cn1ccccc1=O)N1CCCN(S(=O)(=O)c2ccc(F)cc2)CC1. The summed E-state index contributed by atoms with van der Waals surface area (Å²) in [5.41, 5.74) is -0.263. The molecule has 0 aliphatic carbocycles. The Bertz CT molecular complexity index is 973. The number of sulfonamides is 1. The Kier molecular flexibility index (Phi) is 5.71. The van der Waals surface area contributed by atoms with Gasteiger partial charge in [-0.1, -0.05) is 6.07 Å². The van der Waals surface area contributed by atoms with Crippen LogP contribution < -0.4 is 5.56 Å². The molecule has 0 N–H and O–H groups in total. The summed E-state index contributed by atoms with van der Waals surface area (Å²) in [5, 5.41) is 0. The van der Waals surface area contributed by atoms with Gasteiger partial charge >= 0.3 is 0 Å². The summed E-state index contributed by atoms with van der Waals surface area (Å²) in [4.78, 5) is 25.8. The van der Waals surface area contributed by atoms with Crippen molar-refractivity contribution in [3.8, 4) is 0 Å². The first-order valence-corrected chi connectivity index (χ1v) is 10.0. The number of amides is 1. The number of aromatic nitrogens is 1. The van der Waals surface area contributed by atoms with Crippen LogP contribution in [0, 0.1) is 5.82 Å². The Morgan fingerprint density at radius 2 is 1.74 bits per heavy atom. The lowest BCUT2D eigenvalue weighted by molar-refractivity contribution is -0.131. The molecule has 2 heterocycles. The Hall–Kier alpha value is -2.52. The van der Waals surface area contributed by atoms with Gasteiger partial charge in [0.1, 0.15) is 12.4 Å². The van der Waals surface area contributed by atoms with E-state index in [2.05, 4.69) is 0 Å². The van der Waals surface area contributed by atoms with E-state index in [4.69, 9.17) is 0 Å². The van der Waals surface area contributed by atoms with Crippen LogP contribution in [0.3, 0.4) is 0 Å². The molecule has 3 rings (SSSR count). The first-order chi connectivity index (χ1) is 12.9. The topological polar surface area (TPSA) is 79.7 Å². The van der Waals surface area contributed by atoms with Crippen molar-refractivity contribution < 1.29 is 17.6 Å². The smallest absolute Gasteiger partial charge is 0.250 e. The van der Waals surface area contributed by atoms with Crippen molar-refractivity contribution in [2.45, 2.75) is 17.9 Å². The molecule has 1 fully saturated rings. The highest BCUT2D eigenvalue weighted by atomic mass is 32.2. The van der Waals surface area contributed by atoms with Crippen LogP contribution in [0.2, 0.25) is 0 Å². The molecular formula is C18H20FN3O4S. The largest absolute Gasteiger partial charge is 0.340 e. The summed E-state index contributed by atoms with van der Waals surface area (Å²) >= 11 is 0. The van der Waals surface area contributed by atoms with E-state index in [1.54, 1.807) is 23.2 Å². The van der Waals surface area contributed by atoms with Gasteiger partial charge in [-0.15, -0.1) is 0 Å². The molecule has 7 nitrogen and oxygen atoms in total. The molecule has 0 unspecified atom stereocenters. The van der Waals surface area contributed by atoms with Gasteiger partial charge in [0.15, 0.2) is 0 Å². The first kappa shape index (κ1) is 19.2. The van der Waals surface area contributed by atoms with Crippen molar-refractivity contribution in [1.29, 1.82) is 0 Å². The molecule has 1 aromatic carbocycles. The van der Waals surface area contributed by atoms with Gasteiger partial charge in [-0.05, 0) is 36.8 Å². The van der Waals surface area contributed by atoms with Crippen LogP contribution in [0.4, 0.5) is 4.39 Å². The van der Waals surface area contributed by atoms with Crippen LogP contribution in [0.15, 0.2) is 58.4 Å². The van der Waals surface area contributed by atoms with Gasteiger partial charge < -0.3 is 9.47 Å². The zero-order valence-corrected chi connectivity index (χ0v) is 15.4. The Labute approximate surface area is 156 Å². The summed E-state index contributed by atoms with van der Waals surface area (Å²) in [6.07, 6.45) is 2.03. The van der Waals surface area contributed by atoms with Crippen LogP contribution in [-0.4, -0.2) is 54.3 Å². The molecule has 1 aliphatic rings. The fourth-order valence-corrected chi connectivity index (χ4v) is 4.45. The molecule has 0 spiro atoms. The van der Waals surface area contributed by atoms with E-state index in [-0.39, 0.29) is 42.5 Å². The van der Waals surface area contributed by atoms with Crippen molar-refractivity contribution in [3.05, 3.63) is 64.8 Å². The van der Waals surface area contributed by atoms with E-state index in [1.807, 2.05) is 0 Å². The van der Waals surface area contributed by atoms with Crippen LogP contribution >= 0.6 is 0 Å². The normalized spacial score (nSPS) is 16.1. The lowest BCUT2D eigenvalue weighted by atomic mass is 10.3. The molecule has 0 radical (unpaired) electrons. The van der Waals surface area contributed by atoms with Gasteiger partial charge in [-0.2, -0.15) is 4.31 Å². The standard InChI is InChI=1S/C18H20FN3O4S/c19-15-5-7-16(8-6-15)27(25,26)22-11-3-10-20(12-13-22)18(24)14-21-9-2-1-4-17(21)23/h1-2,4-9H,3,10-14H2. The predicted molar refractivity (Wildman–Crippen MR) is 97.1 cm³/mol. The van der Waals surface area contributed by atoms with Crippen LogP contribution in [0.5, 0.6) is 0 Å². The molecule has 27 heavy (non-hydrogen) atoms. The van der Waals surface area contributed by atoms with E-state index in [1.165, 1.54) is 27.1 Å². The second-order valence-corrected chi connectivity index (χ2v) is 8.20.